The first kappa shape index (κ1) is 22.1. The number of ether oxygens (including phenoxy) is 1. The second kappa shape index (κ2) is 9.67. The molecule has 1 saturated heterocycles. The Hall–Kier alpha value is -2.67. The van der Waals surface area contributed by atoms with Gasteiger partial charge >= 0.3 is 0 Å². The van der Waals surface area contributed by atoms with Gasteiger partial charge in [0.15, 0.2) is 0 Å². The lowest BCUT2D eigenvalue weighted by Gasteiger charge is -2.21. The van der Waals surface area contributed by atoms with Gasteiger partial charge in [0, 0.05) is 24.5 Å². The van der Waals surface area contributed by atoms with E-state index >= 15 is 0 Å². The van der Waals surface area contributed by atoms with Crippen LogP contribution in [0.3, 0.4) is 0 Å². The van der Waals surface area contributed by atoms with Crippen LogP contribution in [0.25, 0.3) is 33.4 Å². The second-order valence-electron chi connectivity index (χ2n) is 8.57. The zero-order chi connectivity index (χ0) is 22.8. The van der Waals surface area contributed by atoms with Crippen LogP contribution in [0.2, 0.25) is 5.02 Å². The van der Waals surface area contributed by atoms with Gasteiger partial charge in [-0.3, -0.25) is 0 Å². The molecule has 0 aliphatic carbocycles. The van der Waals surface area contributed by atoms with Crippen molar-refractivity contribution in [1.82, 2.24) is 9.97 Å². The molecule has 2 aromatic heterocycles. The van der Waals surface area contributed by atoms with Gasteiger partial charge in [-0.25, -0.2) is 13.4 Å². The van der Waals surface area contributed by atoms with Crippen molar-refractivity contribution in [2.45, 2.75) is 25.0 Å². The van der Waals surface area contributed by atoms with Crippen LogP contribution in [0.15, 0.2) is 60.7 Å². The monoisotopic (exact) mass is 480 g/mol. The van der Waals surface area contributed by atoms with Gasteiger partial charge in [0.2, 0.25) is 0 Å². The molecule has 0 bridgehead atoms. The minimum Gasteiger partial charge on any atom is -0.381 e. The Morgan fingerprint density at radius 2 is 1.58 bits per heavy atom. The molecule has 0 saturated carbocycles. The SMILES string of the molecule is O=[SH](=O)Cc1ccc(-c2ccc(-c3nc4cc(CC5CCOCC5)[nH]c4cc3Cl)cc2)cc1. The van der Waals surface area contributed by atoms with Crippen molar-refractivity contribution in [3.05, 3.63) is 76.9 Å². The number of rotatable bonds is 6. The number of nitrogens with one attached hydrogen (secondary N) is 1. The molecular formula is C26H25ClN2O3S. The summed E-state index contributed by atoms with van der Waals surface area (Å²) in [7, 11) is -2.42. The number of benzene rings is 2. The van der Waals surface area contributed by atoms with Crippen molar-refractivity contribution in [2.24, 2.45) is 5.92 Å². The van der Waals surface area contributed by atoms with Crippen LogP contribution < -0.4 is 0 Å². The lowest BCUT2D eigenvalue weighted by Crippen LogP contribution is -2.17. The molecule has 0 spiro atoms. The summed E-state index contributed by atoms with van der Waals surface area (Å²) in [6, 6.07) is 19.8. The van der Waals surface area contributed by atoms with E-state index in [1.54, 1.807) is 0 Å². The predicted molar refractivity (Wildman–Crippen MR) is 133 cm³/mol. The van der Waals surface area contributed by atoms with Gasteiger partial charge < -0.3 is 9.72 Å². The zero-order valence-electron chi connectivity index (χ0n) is 18.1. The number of aromatic nitrogens is 2. The molecule has 5 rings (SSSR count). The molecule has 0 amide bonds. The second-order valence-corrected chi connectivity index (χ2v) is 9.96. The topological polar surface area (TPSA) is 72.1 Å². The molecule has 2 aromatic carbocycles. The van der Waals surface area contributed by atoms with Crippen molar-refractivity contribution in [3.8, 4) is 22.4 Å². The Bertz CT molecular complexity index is 1330. The van der Waals surface area contributed by atoms with Crippen molar-refractivity contribution < 1.29 is 13.2 Å². The van der Waals surface area contributed by atoms with Crippen LogP contribution >= 0.6 is 11.6 Å². The van der Waals surface area contributed by atoms with Crippen molar-refractivity contribution in [2.75, 3.05) is 13.2 Å². The summed E-state index contributed by atoms with van der Waals surface area (Å²) in [4.78, 5) is 8.34. The summed E-state index contributed by atoms with van der Waals surface area (Å²) in [6.07, 6.45) is 3.20. The molecule has 170 valence electrons. The fraction of sp³-hybridized carbons (Fsp3) is 0.269. The highest BCUT2D eigenvalue weighted by atomic mass is 35.5. The minimum atomic E-state index is -2.42. The maximum absolute atomic E-state index is 10.9. The highest BCUT2D eigenvalue weighted by Crippen LogP contribution is 2.32. The van der Waals surface area contributed by atoms with Gasteiger partial charge in [0.1, 0.15) is 10.7 Å². The van der Waals surface area contributed by atoms with E-state index in [9.17, 15) is 8.42 Å². The first-order valence-electron chi connectivity index (χ1n) is 11.1. The average Bonchev–Trinajstić information content (AvgIpc) is 3.20. The van der Waals surface area contributed by atoms with Crippen molar-refractivity contribution >= 4 is 33.3 Å². The van der Waals surface area contributed by atoms with Crippen LogP contribution in [-0.4, -0.2) is 31.6 Å². The Morgan fingerprint density at radius 1 is 0.939 bits per heavy atom. The molecule has 0 unspecified atom stereocenters. The Labute approximate surface area is 199 Å². The van der Waals surface area contributed by atoms with E-state index in [1.807, 2.05) is 54.6 Å². The largest absolute Gasteiger partial charge is 0.381 e. The van der Waals surface area contributed by atoms with Gasteiger partial charge in [0.25, 0.3) is 0 Å². The number of hydrogen-bond donors (Lipinski definition) is 2. The summed E-state index contributed by atoms with van der Waals surface area (Å²) in [5.41, 5.74) is 7.67. The number of thiol groups is 1. The molecule has 1 aliphatic rings. The molecular weight excluding hydrogens is 456 g/mol. The average molecular weight is 481 g/mol. The molecule has 3 heterocycles. The number of hydrogen-bond acceptors (Lipinski definition) is 4. The third-order valence-corrected chi connectivity index (χ3v) is 7.13. The number of aromatic amines is 1. The molecule has 7 heteroatoms. The maximum Gasteiger partial charge on any atom is 0.144 e. The van der Waals surface area contributed by atoms with Crippen LogP contribution in [-0.2, 0) is 27.6 Å². The fourth-order valence-corrected chi connectivity index (χ4v) is 5.20. The molecule has 33 heavy (non-hydrogen) atoms. The highest BCUT2D eigenvalue weighted by molar-refractivity contribution is 7.71. The summed E-state index contributed by atoms with van der Waals surface area (Å²) in [6.45, 7) is 1.70. The number of halogens is 1. The Morgan fingerprint density at radius 3 is 2.24 bits per heavy atom. The third-order valence-electron chi connectivity index (χ3n) is 6.22. The maximum atomic E-state index is 10.9. The highest BCUT2D eigenvalue weighted by Gasteiger charge is 2.16. The van der Waals surface area contributed by atoms with Crippen LogP contribution in [0.4, 0.5) is 0 Å². The summed E-state index contributed by atoms with van der Waals surface area (Å²) < 4.78 is 27.3. The van der Waals surface area contributed by atoms with Crippen LogP contribution in [0.5, 0.6) is 0 Å². The molecule has 1 fully saturated rings. The van der Waals surface area contributed by atoms with Gasteiger partial charge in [-0.2, -0.15) is 0 Å². The van der Waals surface area contributed by atoms with E-state index in [0.717, 1.165) is 71.5 Å². The summed E-state index contributed by atoms with van der Waals surface area (Å²) in [5.74, 6) is 0.711. The first-order valence-corrected chi connectivity index (χ1v) is 12.9. The van der Waals surface area contributed by atoms with E-state index < -0.39 is 10.7 Å². The van der Waals surface area contributed by atoms with Gasteiger partial charge in [0.05, 0.1) is 27.5 Å². The van der Waals surface area contributed by atoms with Gasteiger partial charge in [-0.05, 0) is 54.0 Å². The lowest BCUT2D eigenvalue weighted by atomic mass is 9.95. The number of fused-ring (bicyclic) bond motifs is 1. The smallest absolute Gasteiger partial charge is 0.144 e. The zero-order valence-corrected chi connectivity index (χ0v) is 19.7. The van der Waals surface area contributed by atoms with Crippen molar-refractivity contribution in [3.63, 3.8) is 0 Å². The summed E-state index contributed by atoms with van der Waals surface area (Å²) >= 11 is 6.61. The molecule has 1 aliphatic heterocycles. The molecule has 0 radical (unpaired) electrons. The first-order chi connectivity index (χ1) is 16.0. The van der Waals surface area contributed by atoms with E-state index in [-0.39, 0.29) is 5.75 Å². The number of pyridine rings is 1. The Kier molecular flexibility index (Phi) is 6.49. The third kappa shape index (κ3) is 5.13. The molecule has 4 aromatic rings. The Balaban J connectivity index is 1.37. The van der Waals surface area contributed by atoms with Crippen LogP contribution in [0.1, 0.15) is 24.1 Å². The molecule has 5 nitrogen and oxygen atoms in total. The van der Waals surface area contributed by atoms with Gasteiger partial charge in [-0.1, -0.05) is 60.1 Å². The lowest BCUT2D eigenvalue weighted by molar-refractivity contribution is 0.0663. The quantitative estimate of drug-likeness (QED) is 0.351. The van der Waals surface area contributed by atoms with Crippen molar-refractivity contribution in [1.29, 1.82) is 0 Å². The number of H-pyrrole nitrogens is 1. The van der Waals surface area contributed by atoms with E-state index in [4.69, 9.17) is 21.3 Å². The van der Waals surface area contributed by atoms with E-state index in [2.05, 4.69) is 11.1 Å². The fourth-order valence-electron chi connectivity index (χ4n) is 4.43. The minimum absolute atomic E-state index is 0.0666. The molecule has 0 atom stereocenters. The predicted octanol–water partition coefficient (Wildman–Crippen LogP) is 5.63. The van der Waals surface area contributed by atoms with Crippen LogP contribution in [0, 0.1) is 5.92 Å². The summed E-state index contributed by atoms with van der Waals surface area (Å²) in [5, 5.41) is 0.616. The number of nitrogens with zero attached hydrogens (tertiary/aromatic N) is 1. The molecule has 1 N–H and O–H groups in total. The normalized spacial score (nSPS) is 14.8. The van der Waals surface area contributed by atoms with Gasteiger partial charge in [-0.15, -0.1) is 0 Å². The van der Waals surface area contributed by atoms with E-state index in [0.29, 0.717) is 10.9 Å². The standard InChI is InChI=1S/C26H25ClN2O3S/c27-23-15-25-24(14-22(28-25)13-17-9-11-32-12-10-17)29-26(23)21-7-5-20(6-8-21)19-3-1-18(2-4-19)16-33(30)31/h1-8,14-15,17,28,33H,9-13,16H2. The van der Waals surface area contributed by atoms with E-state index in [1.165, 1.54) is 5.69 Å².